The Hall–Kier alpha value is -2.33. The Balaban J connectivity index is 2.05. The first kappa shape index (κ1) is 19.4. The lowest BCUT2D eigenvalue weighted by Crippen LogP contribution is -2.17. The summed E-state index contributed by atoms with van der Waals surface area (Å²) in [7, 11) is -2.54. The minimum Gasteiger partial charge on any atom is -0.345 e. The Bertz CT molecular complexity index is 1100. The van der Waals surface area contributed by atoms with Crippen LogP contribution < -0.4 is 4.72 Å². The second-order valence-electron chi connectivity index (χ2n) is 5.98. The third kappa shape index (κ3) is 3.72. The van der Waals surface area contributed by atoms with Crippen LogP contribution in [0, 0.1) is 13.8 Å². The molecule has 0 aliphatic rings. The van der Waals surface area contributed by atoms with Crippen LogP contribution in [0.15, 0.2) is 40.6 Å². The number of para-hydroxylation sites is 1. The summed E-state index contributed by atoms with van der Waals surface area (Å²) in [5.41, 5.74) is 0.221. The Kier molecular flexibility index (Phi) is 4.81. The molecule has 3 rings (SSSR count). The lowest BCUT2D eigenvalue weighted by molar-refractivity contribution is -0.136. The van der Waals surface area contributed by atoms with E-state index in [4.69, 9.17) is 0 Å². The number of alkyl halides is 3. The molecule has 0 amide bonds. The maximum Gasteiger partial charge on any atom is 0.418 e. The van der Waals surface area contributed by atoms with E-state index in [1.54, 1.807) is 18.5 Å². The second-order valence-corrected chi connectivity index (χ2v) is 8.49. The fourth-order valence-corrected chi connectivity index (χ4v) is 4.86. The largest absolute Gasteiger partial charge is 0.418 e. The number of rotatable bonds is 4. The third-order valence-electron chi connectivity index (χ3n) is 4.09. The van der Waals surface area contributed by atoms with Crippen LogP contribution in [0.5, 0.6) is 0 Å². The fraction of sp³-hybridized carbons (Fsp3) is 0.235. The van der Waals surface area contributed by atoms with Gasteiger partial charge in [0.15, 0.2) is 0 Å². The zero-order chi connectivity index (χ0) is 20.0. The maximum absolute atomic E-state index is 13.2. The molecule has 27 heavy (non-hydrogen) atoms. The molecule has 5 nitrogen and oxygen atoms in total. The average molecular weight is 415 g/mol. The van der Waals surface area contributed by atoms with E-state index >= 15 is 0 Å². The number of benzene rings is 1. The highest BCUT2D eigenvalue weighted by Gasteiger charge is 2.35. The number of nitrogens with one attached hydrogen (secondary N) is 1. The van der Waals surface area contributed by atoms with Crippen molar-refractivity contribution in [2.75, 3.05) is 4.72 Å². The normalized spacial score (nSPS) is 12.4. The molecule has 3 aromatic rings. The van der Waals surface area contributed by atoms with Crippen LogP contribution in [0.3, 0.4) is 0 Å². The standard InChI is InChI=1S/C17H16F3N3O2S2/c1-10-9-26-16(21-10)14-8-15(11(2)23(14)3)27(24,25)22-13-7-5-4-6-12(13)17(18,19)20/h4-9,22H,1-3H3. The van der Waals surface area contributed by atoms with Gasteiger partial charge in [0.1, 0.15) is 9.90 Å². The number of aromatic nitrogens is 2. The summed E-state index contributed by atoms with van der Waals surface area (Å²) in [6.45, 7) is 3.41. The predicted molar refractivity (Wildman–Crippen MR) is 98.2 cm³/mol. The van der Waals surface area contributed by atoms with Crippen LogP contribution in [0.25, 0.3) is 10.7 Å². The topological polar surface area (TPSA) is 64.0 Å². The van der Waals surface area contributed by atoms with Crippen LogP contribution >= 0.6 is 11.3 Å². The number of sulfonamides is 1. The number of anilines is 1. The molecule has 0 fully saturated rings. The van der Waals surface area contributed by atoms with Gasteiger partial charge in [-0.25, -0.2) is 13.4 Å². The second kappa shape index (κ2) is 6.68. The SMILES string of the molecule is Cc1csc(-c2cc(S(=O)(=O)Nc3ccccc3C(F)(F)F)c(C)n2C)n1. The quantitative estimate of drug-likeness (QED) is 0.678. The van der Waals surface area contributed by atoms with Crippen molar-refractivity contribution in [1.82, 2.24) is 9.55 Å². The molecule has 0 spiro atoms. The van der Waals surface area contributed by atoms with Gasteiger partial charge in [-0.15, -0.1) is 11.3 Å². The van der Waals surface area contributed by atoms with E-state index in [0.29, 0.717) is 16.4 Å². The van der Waals surface area contributed by atoms with E-state index in [1.807, 2.05) is 12.3 Å². The van der Waals surface area contributed by atoms with E-state index in [9.17, 15) is 21.6 Å². The molecular formula is C17H16F3N3O2S2. The molecule has 2 aromatic heterocycles. The Morgan fingerprint density at radius 3 is 2.44 bits per heavy atom. The van der Waals surface area contributed by atoms with Gasteiger partial charge in [-0.1, -0.05) is 12.1 Å². The van der Waals surface area contributed by atoms with Gasteiger partial charge in [-0.05, 0) is 32.0 Å². The lowest BCUT2D eigenvalue weighted by atomic mass is 10.2. The molecule has 0 saturated carbocycles. The van der Waals surface area contributed by atoms with Crippen LogP contribution in [-0.4, -0.2) is 18.0 Å². The molecule has 0 radical (unpaired) electrons. The summed E-state index contributed by atoms with van der Waals surface area (Å²) in [6.07, 6.45) is -4.67. The molecule has 0 aliphatic carbocycles. The number of thiazole rings is 1. The van der Waals surface area contributed by atoms with Crippen molar-refractivity contribution in [2.24, 2.45) is 7.05 Å². The van der Waals surface area contributed by atoms with Crippen LogP contribution in [0.4, 0.5) is 18.9 Å². The Labute approximate surface area is 158 Å². The summed E-state index contributed by atoms with van der Waals surface area (Å²) in [6, 6.07) is 5.89. The van der Waals surface area contributed by atoms with Gasteiger partial charge in [-0.2, -0.15) is 13.2 Å². The summed E-state index contributed by atoms with van der Waals surface area (Å²) >= 11 is 1.36. The van der Waals surface area contributed by atoms with Crippen LogP contribution in [0.1, 0.15) is 17.0 Å². The molecule has 0 bridgehead atoms. The Morgan fingerprint density at radius 1 is 1.19 bits per heavy atom. The van der Waals surface area contributed by atoms with E-state index in [-0.39, 0.29) is 4.90 Å². The molecule has 10 heteroatoms. The molecular weight excluding hydrogens is 399 g/mol. The number of halogens is 3. The van der Waals surface area contributed by atoms with Crippen LogP contribution in [-0.2, 0) is 23.2 Å². The molecule has 0 unspecified atom stereocenters. The fourth-order valence-electron chi connectivity index (χ4n) is 2.64. The molecule has 144 valence electrons. The smallest absolute Gasteiger partial charge is 0.345 e. The summed E-state index contributed by atoms with van der Waals surface area (Å²) in [4.78, 5) is 4.25. The van der Waals surface area contributed by atoms with Gasteiger partial charge in [0.25, 0.3) is 10.0 Å². The summed E-state index contributed by atoms with van der Waals surface area (Å²) in [5.74, 6) is 0. The number of nitrogens with zero attached hydrogens (tertiary/aromatic N) is 2. The highest BCUT2D eigenvalue weighted by Crippen LogP contribution is 2.36. The van der Waals surface area contributed by atoms with Gasteiger partial charge >= 0.3 is 6.18 Å². The van der Waals surface area contributed by atoms with Gasteiger partial charge in [0.05, 0.1) is 16.9 Å². The summed E-state index contributed by atoms with van der Waals surface area (Å²) in [5, 5.41) is 2.47. The van der Waals surface area contributed by atoms with Gasteiger partial charge in [0, 0.05) is 23.8 Å². The highest BCUT2D eigenvalue weighted by atomic mass is 32.2. The first-order valence-electron chi connectivity index (χ1n) is 7.78. The maximum atomic E-state index is 13.2. The highest BCUT2D eigenvalue weighted by molar-refractivity contribution is 7.92. The van der Waals surface area contributed by atoms with Crippen LogP contribution in [0.2, 0.25) is 0 Å². The Morgan fingerprint density at radius 2 is 1.85 bits per heavy atom. The summed E-state index contributed by atoms with van der Waals surface area (Å²) < 4.78 is 68.8. The number of aryl methyl sites for hydroxylation is 1. The van der Waals surface area contributed by atoms with E-state index in [0.717, 1.165) is 17.8 Å². The van der Waals surface area contributed by atoms with Gasteiger partial charge in [-0.3, -0.25) is 4.72 Å². The average Bonchev–Trinajstić information content (AvgIpc) is 3.11. The molecule has 1 aromatic carbocycles. The van der Waals surface area contributed by atoms with Crippen molar-refractivity contribution in [2.45, 2.75) is 24.9 Å². The predicted octanol–water partition coefficient (Wildman–Crippen LogP) is 4.59. The van der Waals surface area contributed by atoms with Crippen molar-refractivity contribution >= 4 is 27.0 Å². The van der Waals surface area contributed by atoms with Crippen molar-refractivity contribution in [3.8, 4) is 10.7 Å². The minimum atomic E-state index is -4.67. The first-order chi connectivity index (χ1) is 12.5. The van der Waals surface area contributed by atoms with E-state index in [2.05, 4.69) is 9.71 Å². The van der Waals surface area contributed by atoms with Crippen molar-refractivity contribution < 1.29 is 21.6 Å². The zero-order valence-corrected chi connectivity index (χ0v) is 16.3. The first-order valence-corrected chi connectivity index (χ1v) is 10.1. The van der Waals surface area contributed by atoms with Crippen molar-refractivity contribution in [3.63, 3.8) is 0 Å². The van der Waals surface area contributed by atoms with Gasteiger partial charge in [0.2, 0.25) is 0 Å². The zero-order valence-electron chi connectivity index (χ0n) is 14.6. The molecule has 0 atom stereocenters. The molecule has 1 N–H and O–H groups in total. The minimum absolute atomic E-state index is 0.0927. The lowest BCUT2D eigenvalue weighted by Gasteiger charge is -2.14. The number of hydrogen-bond acceptors (Lipinski definition) is 4. The van der Waals surface area contributed by atoms with Crippen molar-refractivity contribution in [3.05, 3.63) is 52.7 Å². The van der Waals surface area contributed by atoms with Crippen molar-refractivity contribution in [1.29, 1.82) is 0 Å². The van der Waals surface area contributed by atoms with Gasteiger partial charge < -0.3 is 4.57 Å². The monoisotopic (exact) mass is 415 g/mol. The molecule has 0 saturated heterocycles. The molecule has 0 aliphatic heterocycles. The number of hydrogen-bond donors (Lipinski definition) is 1. The van der Waals surface area contributed by atoms with E-state index in [1.165, 1.54) is 29.5 Å². The third-order valence-corrected chi connectivity index (χ3v) is 6.56. The molecule has 2 heterocycles. The van der Waals surface area contributed by atoms with E-state index < -0.39 is 27.5 Å².